The van der Waals surface area contributed by atoms with Crippen LogP contribution in [-0.4, -0.2) is 18.3 Å². The Kier molecular flexibility index (Phi) is 2.74. The number of hydrogen-bond donors (Lipinski definition) is 1. The Hall–Kier alpha value is -1.22. The van der Waals surface area contributed by atoms with Gasteiger partial charge < -0.3 is 5.32 Å². The van der Waals surface area contributed by atoms with E-state index in [-0.39, 0.29) is 0 Å². The van der Waals surface area contributed by atoms with Crippen molar-refractivity contribution in [3.8, 4) is 0 Å². The average molecular weight is 150 g/mol. The van der Waals surface area contributed by atoms with Crippen LogP contribution in [0.5, 0.6) is 0 Å². The van der Waals surface area contributed by atoms with Gasteiger partial charge in [-0.2, -0.15) is 0 Å². The third kappa shape index (κ3) is 1.85. The van der Waals surface area contributed by atoms with Crippen molar-refractivity contribution in [1.29, 1.82) is 0 Å². The minimum absolute atomic E-state index is 0.634. The van der Waals surface area contributed by atoms with Crippen LogP contribution in [0.3, 0.4) is 0 Å². The van der Waals surface area contributed by atoms with Crippen molar-refractivity contribution < 1.29 is 4.79 Å². The molecule has 1 aromatic heterocycles. The number of carbonyl (C=O) groups is 1. The summed E-state index contributed by atoms with van der Waals surface area (Å²) in [4.78, 5) is 14.5. The Labute approximate surface area is 65.5 Å². The van der Waals surface area contributed by atoms with Crippen LogP contribution in [0, 0.1) is 0 Å². The van der Waals surface area contributed by atoms with Crippen molar-refractivity contribution in [3.63, 3.8) is 0 Å². The molecule has 0 spiro atoms. The SMILES string of the molecule is CNCc1ncccc1C=O. The maximum absolute atomic E-state index is 10.4. The second-order valence-electron chi connectivity index (χ2n) is 2.19. The van der Waals surface area contributed by atoms with E-state index < -0.39 is 0 Å². The van der Waals surface area contributed by atoms with Crippen molar-refractivity contribution in [2.45, 2.75) is 6.54 Å². The van der Waals surface area contributed by atoms with E-state index in [1.54, 1.807) is 18.3 Å². The molecule has 0 saturated carbocycles. The maximum atomic E-state index is 10.4. The zero-order chi connectivity index (χ0) is 8.10. The van der Waals surface area contributed by atoms with Crippen LogP contribution in [0.4, 0.5) is 0 Å². The van der Waals surface area contributed by atoms with Gasteiger partial charge in [0.25, 0.3) is 0 Å². The summed E-state index contributed by atoms with van der Waals surface area (Å²) in [7, 11) is 1.82. The summed E-state index contributed by atoms with van der Waals surface area (Å²) in [6.07, 6.45) is 2.50. The molecular formula is C8H10N2O. The van der Waals surface area contributed by atoms with E-state index in [0.29, 0.717) is 12.1 Å². The molecule has 0 aliphatic carbocycles. The fraction of sp³-hybridized carbons (Fsp3) is 0.250. The lowest BCUT2D eigenvalue weighted by molar-refractivity contribution is 0.112. The number of carbonyl (C=O) groups excluding carboxylic acids is 1. The van der Waals surface area contributed by atoms with Gasteiger partial charge in [-0.1, -0.05) is 0 Å². The van der Waals surface area contributed by atoms with Crippen LogP contribution in [0.1, 0.15) is 16.1 Å². The van der Waals surface area contributed by atoms with Gasteiger partial charge in [-0.25, -0.2) is 0 Å². The van der Waals surface area contributed by atoms with Crippen LogP contribution in [0.2, 0.25) is 0 Å². The highest BCUT2D eigenvalue weighted by atomic mass is 16.1. The molecule has 3 nitrogen and oxygen atoms in total. The number of pyridine rings is 1. The molecular weight excluding hydrogens is 140 g/mol. The van der Waals surface area contributed by atoms with Crippen molar-refractivity contribution in [1.82, 2.24) is 10.3 Å². The van der Waals surface area contributed by atoms with E-state index in [1.165, 1.54) is 0 Å². The summed E-state index contributed by atoms with van der Waals surface area (Å²) in [6, 6.07) is 3.51. The van der Waals surface area contributed by atoms with Crippen LogP contribution in [-0.2, 0) is 6.54 Å². The summed E-state index contributed by atoms with van der Waals surface area (Å²) >= 11 is 0. The predicted molar refractivity (Wildman–Crippen MR) is 42.4 cm³/mol. The molecule has 1 N–H and O–H groups in total. The molecule has 0 radical (unpaired) electrons. The number of hydrogen-bond acceptors (Lipinski definition) is 3. The predicted octanol–water partition coefficient (Wildman–Crippen LogP) is 0.613. The monoisotopic (exact) mass is 150 g/mol. The molecule has 0 saturated heterocycles. The van der Waals surface area contributed by atoms with Crippen molar-refractivity contribution in [2.75, 3.05) is 7.05 Å². The highest BCUT2D eigenvalue weighted by Crippen LogP contribution is 2.00. The second kappa shape index (κ2) is 3.83. The standard InChI is InChI=1S/C8H10N2O/c1-9-5-8-7(6-11)3-2-4-10-8/h2-4,6,9H,5H2,1H3. The number of nitrogens with zero attached hydrogens (tertiary/aromatic N) is 1. The summed E-state index contributed by atoms with van der Waals surface area (Å²) in [6.45, 7) is 0.634. The largest absolute Gasteiger partial charge is 0.314 e. The highest BCUT2D eigenvalue weighted by molar-refractivity contribution is 5.76. The molecule has 0 amide bonds. The van der Waals surface area contributed by atoms with E-state index in [1.807, 2.05) is 7.05 Å². The average Bonchev–Trinajstić information content (AvgIpc) is 2.06. The van der Waals surface area contributed by atoms with E-state index >= 15 is 0 Å². The third-order valence-electron chi connectivity index (χ3n) is 1.40. The van der Waals surface area contributed by atoms with Crippen LogP contribution >= 0.6 is 0 Å². The van der Waals surface area contributed by atoms with E-state index in [0.717, 1.165) is 12.0 Å². The van der Waals surface area contributed by atoms with Gasteiger partial charge in [-0.15, -0.1) is 0 Å². The molecule has 1 rings (SSSR count). The van der Waals surface area contributed by atoms with E-state index in [4.69, 9.17) is 0 Å². The first-order valence-electron chi connectivity index (χ1n) is 3.42. The first-order chi connectivity index (χ1) is 5.38. The Morgan fingerprint density at radius 2 is 2.55 bits per heavy atom. The highest BCUT2D eigenvalue weighted by Gasteiger charge is 1.98. The van der Waals surface area contributed by atoms with Gasteiger partial charge in [0.05, 0.1) is 5.69 Å². The molecule has 0 fully saturated rings. The maximum Gasteiger partial charge on any atom is 0.151 e. The fourth-order valence-electron chi connectivity index (χ4n) is 0.873. The molecule has 0 aliphatic heterocycles. The van der Waals surface area contributed by atoms with E-state index in [9.17, 15) is 4.79 Å². The third-order valence-corrected chi connectivity index (χ3v) is 1.40. The van der Waals surface area contributed by atoms with Crippen LogP contribution in [0.15, 0.2) is 18.3 Å². The minimum Gasteiger partial charge on any atom is -0.314 e. The zero-order valence-corrected chi connectivity index (χ0v) is 6.37. The first-order valence-corrected chi connectivity index (χ1v) is 3.42. The van der Waals surface area contributed by atoms with Crippen molar-refractivity contribution in [2.24, 2.45) is 0 Å². The smallest absolute Gasteiger partial charge is 0.151 e. The van der Waals surface area contributed by atoms with Crippen molar-refractivity contribution >= 4 is 6.29 Å². The second-order valence-corrected chi connectivity index (χ2v) is 2.19. The summed E-state index contributed by atoms with van der Waals surface area (Å²) in [5, 5.41) is 2.94. The van der Waals surface area contributed by atoms with Gasteiger partial charge in [0.1, 0.15) is 0 Å². The van der Waals surface area contributed by atoms with Gasteiger partial charge in [0.2, 0.25) is 0 Å². The molecule has 1 heterocycles. The Morgan fingerprint density at radius 1 is 1.73 bits per heavy atom. The van der Waals surface area contributed by atoms with Gasteiger partial charge in [0.15, 0.2) is 6.29 Å². The number of nitrogens with one attached hydrogen (secondary N) is 1. The van der Waals surface area contributed by atoms with Gasteiger partial charge in [-0.05, 0) is 19.2 Å². The molecule has 3 heteroatoms. The Bertz CT molecular complexity index is 248. The summed E-state index contributed by atoms with van der Waals surface area (Å²) in [5.74, 6) is 0. The zero-order valence-electron chi connectivity index (χ0n) is 6.37. The number of aromatic nitrogens is 1. The van der Waals surface area contributed by atoms with E-state index in [2.05, 4.69) is 10.3 Å². The molecule has 0 atom stereocenters. The molecule has 11 heavy (non-hydrogen) atoms. The Balaban J connectivity index is 2.92. The molecule has 0 bridgehead atoms. The lowest BCUT2D eigenvalue weighted by atomic mass is 10.2. The van der Waals surface area contributed by atoms with Gasteiger partial charge in [-0.3, -0.25) is 9.78 Å². The topological polar surface area (TPSA) is 42.0 Å². The normalized spacial score (nSPS) is 9.55. The number of aldehydes is 1. The van der Waals surface area contributed by atoms with Crippen LogP contribution < -0.4 is 5.32 Å². The summed E-state index contributed by atoms with van der Waals surface area (Å²) in [5.41, 5.74) is 1.45. The lowest BCUT2D eigenvalue weighted by Gasteiger charge is -2.00. The molecule has 0 aromatic carbocycles. The fourth-order valence-corrected chi connectivity index (χ4v) is 0.873. The molecule has 0 unspecified atom stereocenters. The Morgan fingerprint density at radius 3 is 3.18 bits per heavy atom. The molecule has 0 aliphatic rings. The van der Waals surface area contributed by atoms with Gasteiger partial charge >= 0.3 is 0 Å². The minimum atomic E-state index is 0.634. The number of rotatable bonds is 3. The molecule has 58 valence electrons. The summed E-state index contributed by atoms with van der Waals surface area (Å²) < 4.78 is 0. The molecule has 1 aromatic rings. The quantitative estimate of drug-likeness (QED) is 0.642. The van der Waals surface area contributed by atoms with Gasteiger partial charge in [0, 0.05) is 18.3 Å². The first kappa shape index (κ1) is 7.88. The van der Waals surface area contributed by atoms with Crippen molar-refractivity contribution in [3.05, 3.63) is 29.6 Å². The van der Waals surface area contributed by atoms with Crippen LogP contribution in [0.25, 0.3) is 0 Å². The lowest BCUT2D eigenvalue weighted by Crippen LogP contribution is -2.09.